The van der Waals surface area contributed by atoms with E-state index in [1.54, 1.807) is 0 Å². The standard InChI is InChI=1S/C16H25NS/c1-14-7-9-15(10-8-14)13-17-11-12-18-16-5-3-2-4-6-16/h2-6,14-15,17H,7-13H2,1H3. The van der Waals surface area contributed by atoms with Crippen molar-refractivity contribution < 1.29 is 0 Å². The highest BCUT2D eigenvalue weighted by atomic mass is 32.2. The third kappa shape index (κ3) is 5.03. The van der Waals surface area contributed by atoms with Crippen molar-refractivity contribution in [3.8, 4) is 0 Å². The Bertz CT molecular complexity index is 317. The first-order chi connectivity index (χ1) is 8.84. The van der Waals surface area contributed by atoms with Crippen LogP contribution in [0, 0.1) is 11.8 Å². The van der Waals surface area contributed by atoms with Gasteiger partial charge in [0.2, 0.25) is 0 Å². The zero-order valence-corrected chi connectivity index (χ0v) is 12.2. The smallest absolute Gasteiger partial charge is 0.0106 e. The van der Waals surface area contributed by atoms with E-state index in [4.69, 9.17) is 0 Å². The fraction of sp³-hybridized carbons (Fsp3) is 0.625. The van der Waals surface area contributed by atoms with Gasteiger partial charge in [-0.2, -0.15) is 0 Å². The molecule has 1 aromatic rings. The minimum Gasteiger partial charge on any atom is -0.316 e. The summed E-state index contributed by atoms with van der Waals surface area (Å²) >= 11 is 1.94. The molecule has 0 saturated heterocycles. The predicted octanol–water partition coefficient (Wildman–Crippen LogP) is 4.19. The lowest BCUT2D eigenvalue weighted by molar-refractivity contribution is 0.283. The van der Waals surface area contributed by atoms with Crippen molar-refractivity contribution in [1.82, 2.24) is 5.32 Å². The number of rotatable bonds is 6. The second-order valence-corrected chi connectivity index (χ2v) is 6.66. The van der Waals surface area contributed by atoms with Gasteiger partial charge in [-0.25, -0.2) is 0 Å². The molecule has 1 fully saturated rings. The van der Waals surface area contributed by atoms with Gasteiger partial charge in [0, 0.05) is 17.2 Å². The zero-order chi connectivity index (χ0) is 12.6. The van der Waals surface area contributed by atoms with Crippen LogP contribution in [0.1, 0.15) is 32.6 Å². The molecule has 0 heterocycles. The summed E-state index contributed by atoms with van der Waals surface area (Å²) in [7, 11) is 0. The lowest BCUT2D eigenvalue weighted by Gasteiger charge is -2.26. The van der Waals surface area contributed by atoms with Crippen molar-refractivity contribution in [2.75, 3.05) is 18.8 Å². The maximum atomic E-state index is 3.62. The van der Waals surface area contributed by atoms with Crippen LogP contribution < -0.4 is 5.32 Å². The second kappa shape index (κ2) is 7.85. The minimum atomic E-state index is 0.933. The molecule has 0 radical (unpaired) electrons. The van der Waals surface area contributed by atoms with E-state index in [9.17, 15) is 0 Å². The highest BCUT2D eigenvalue weighted by molar-refractivity contribution is 7.99. The highest BCUT2D eigenvalue weighted by Crippen LogP contribution is 2.27. The molecule has 1 aromatic carbocycles. The van der Waals surface area contributed by atoms with E-state index in [2.05, 4.69) is 42.6 Å². The van der Waals surface area contributed by atoms with Crippen molar-refractivity contribution >= 4 is 11.8 Å². The first-order valence-corrected chi connectivity index (χ1v) is 8.21. The molecule has 2 rings (SSSR count). The van der Waals surface area contributed by atoms with Crippen LogP contribution in [0.4, 0.5) is 0 Å². The molecule has 18 heavy (non-hydrogen) atoms. The maximum Gasteiger partial charge on any atom is 0.0106 e. The number of thioether (sulfide) groups is 1. The summed E-state index contributed by atoms with van der Waals surface area (Å²) in [5, 5.41) is 3.62. The average molecular weight is 263 g/mol. The van der Waals surface area contributed by atoms with E-state index >= 15 is 0 Å². The Morgan fingerprint density at radius 1 is 1.11 bits per heavy atom. The van der Waals surface area contributed by atoms with Gasteiger partial charge in [-0.15, -0.1) is 11.8 Å². The maximum absolute atomic E-state index is 3.62. The van der Waals surface area contributed by atoms with Gasteiger partial charge in [0.05, 0.1) is 0 Å². The Balaban J connectivity index is 1.51. The van der Waals surface area contributed by atoms with E-state index in [0.29, 0.717) is 0 Å². The predicted molar refractivity (Wildman–Crippen MR) is 81.2 cm³/mol. The Kier molecular flexibility index (Phi) is 6.09. The third-order valence-corrected chi connectivity index (χ3v) is 4.87. The van der Waals surface area contributed by atoms with Crippen molar-refractivity contribution in [3.05, 3.63) is 30.3 Å². The molecule has 1 nitrogen and oxygen atoms in total. The van der Waals surface area contributed by atoms with Crippen LogP contribution in [0.25, 0.3) is 0 Å². The van der Waals surface area contributed by atoms with Crippen molar-refractivity contribution in [1.29, 1.82) is 0 Å². The summed E-state index contributed by atoms with van der Waals surface area (Å²) in [4.78, 5) is 1.38. The van der Waals surface area contributed by atoms with Crippen LogP contribution in [-0.4, -0.2) is 18.8 Å². The van der Waals surface area contributed by atoms with Crippen molar-refractivity contribution in [2.45, 2.75) is 37.5 Å². The fourth-order valence-electron chi connectivity index (χ4n) is 2.60. The van der Waals surface area contributed by atoms with Crippen LogP contribution in [0.5, 0.6) is 0 Å². The van der Waals surface area contributed by atoms with Gasteiger partial charge in [-0.3, -0.25) is 0 Å². The molecule has 0 unspecified atom stereocenters. The summed E-state index contributed by atoms with van der Waals surface area (Å²) in [6.45, 7) is 4.74. The molecule has 100 valence electrons. The van der Waals surface area contributed by atoms with Gasteiger partial charge in [-0.1, -0.05) is 38.0 Å². The van der Waals surface area contributed by atoms with Crippen LogP contribution in [0.2, 0.25) is 0 Å². The SMILES string of the molecule is CC1CCC(CNCCSc2ccccc2)CC1. The minimum absolute atomic E-state index is 0.933. The molecular formula is C16H25NS. The van der Waals surface area contributed by atoms with E-state index in [-0.39, 0.29) is 0 Å². The summed E-state index contributed by atoms with van der Waals surface area (Å²) < 4.78 is 0. The van der Waals surface area contributed by atoms with Gasteiger partial charge < -0.3 is 5.32 Å². The molecule has 2 heteroatoms. The number of hydrogen-bond acceptors (Lipinski definition) is 2. The van der Waals surface area contributed by atoms with E-state index in [0.717, 1.165) is 18.4 Å². The largest absolute Gasteiger partial charge is 0.316 e. The molecule has 0 spiro atoms. The van der Waals surface area contributed by atoms with Gasteiger partial charge >= 0.3 is 0 Å². The van der Waals surface area contributed by atoms with Gasteiger partial charge in [0.25, 0.3) is 0 Å². The molecule has 1 N–H and O–H groups in total. The molecule has 1 aliphatic carbocycles. The van der Waals surface area contributed by atoms with E-state index in [1.807, 2.05) is 11.8 Å². The van der Waals surface area contributed by atoms with Crippen LogP contribution >= 0.6 is 11.8 Å². The van der Waals surface area contributed by atoms with Gasteiger partial charge in [-0.05, 0) is 43.4 Å². The number of benzene rings is 1. The molecule has 1 aliphatic rings. The molecule has 0 amide bonds. The number of nitrogens with one attached hydrogen (secondary N) is 1. The summed E-state index contributed by atoms with van der Waals surface area (Å²) in [5.74, 6) is 3.07. The average Bonchev–Trinajstić information content (AvgIpc) is 2.42. The topological polar surface area (TPSA) is 12.0 Å². The second-order valence-electron chi connectivity index (χ2n) is 5.49. The molecule has 0 atom stereocenters. The Hall–Kier alpha value is -0.470. The van der Waals surface area contributed by atoms with E-state index < -0.39 is 0 Å². The lowest BCUT2D eigenvalue weighted by atomic mass is 9.83. The van der Waals surface area contributed by atoms with Crippen LogP contribution in [0.15, 0.2) is 35.2 Å². The molecule has 0 aliphatic heterocycles. The van der Waals surface area contributed by atoms with Crippen LogP contribution in [-0.2, 0) is 0 Å². The summed E-state index contributed by atoms with van der Waals surface area (Å²) in [6.07, 6.45) is 5.73. The molecule has 0 aromatic heterocycles. The molecule has 1 saturated carbocycles. The number of hydrogen-bond donors (Lipinski definition) is 1. The molecular weight excluding hydrogens is 238 g/mol. The quantitative estimate of drug-likeness (QED) is 0.610. The molecule has 0 bridgehead atoms. The summed E-state index contributed by atoms with van der Waals surface area (Å²) in [5.41, 5.74) is 0. The van der Waals surface area contributed by atoms with Crippen LogP contribution in [0.3, 0.4) is 0 Å². The Labute approximate surface area is 116 Å². The van der Waals surface area contributed by atoms with Crippen molar-refractivity contribution in [3.63, 3.8) is 0 Å². The normalized spacial score (nSPS) is 24.1. The third-order valence-electron chi connectivity index (χ3n) is 3.86. The van der Waals surface area contributed by atoms with E-state index in [1.165, 1.54) is 42.9 Å². The fourth-order valence-corrected chi connectivity index (χ4v) is 3.43. The van der Waals surface area contributed by atoms with Gasteiger partial charge in [0.1, 0.15) is 0 Å². The Morgan fingerprint density at radius 2 is 1.83 bits per heavy atom. The first kappa shape index (κ1) is 14.0. The zero-order valence-electron chi connectivity index (χ0n) is 11.4. The van der Waals surface area contributed by atoms with Gasteiger partial charge in [0.15, 0.2) is 0 Å². The lowest BCUT2D eigenvalue weighted by Crippen LogP contribution is -2.27. The highest BCUT2D eigenvalue weighted by Gasteiger charge is 2.17. The first-order valence-electron chi connectivity index (χ1n) is 7.23. The Morgan fingerprint density at radius 3 is 2.56 bits per heavy atom. The monoisotopic (exact) mass is 263 g/mol. The summed E-state index contributed by atoms with van der Waals surface area (Å²) in [6, 6.07) is 10.7. The van der Waals surface area contributed by atoms with Crippen molar-refractivity contribution in [2.24, 2.45) is 11.8 Å².